The molecule has 0 radical (unpaired) electrons. The summed E-state index contributed by atoms with van der Waals surface area (Å²) >= 11 is 0. The molecular weight excluding hydrogens is 234 g/mol. The predicted molar refractivity (Wildman–Crippen MR) is 64.3 cm³/mol. The average molecular weight is 243 g/mol. The fraction of sp³-hybridized carbons (Fsp3) is 0. The van der Waals surface area contributed by atoms with E-state index in [9.17, 15) is 9.59 Å². The topological polar surface area (TPSA) is 98.4 Å². The van der Waals surface area contributed by atoms with Crippen LogP contribution in [0.15, 0.2) is 35.9 Å². The molecular formula is C13H9NO4. The van der Waals surface area contributed by atoms with Crippen molar-refractivity contribution in [3.05, 3.63) is 47.0 Å². The fourth-order valence-electron chi connectivity index (χ4n) is 1.18. The lowest BCUT2D eigenvalue weighted by Gasteiger charge is -1.96. The van der Waals surface area contributed by atoms with Gasteiger partial charge in [-0.15, -0.1) is 0 Å². The number of carbonyl (C=O) groups is 2. The van der Waals surface area contributed by atoms with Gasteiger partial charge in [0.2, 0.25) is 0 Å². The van der Waals surface area contributed by atoms with Crippen LogP contribution in [0.5, 0.6) is 0 Å². The normalized spacial score (nSPS) is 11.2. The molecule has 0 unspecified atom stereocenters. The van der Waals surface area contributed by atoms with Gasteiger partial charge in [0.15, 0.2) is 0 Å². The Morgan fingerprint density at radius 1 is 1.11 bits per heavy atom. The Balaban J connectivity index is 2.94. The first-order chi connectivity index (χ1) is 8.52. The zero-order valence-electron chi connectivity index (χ0n) is 9.20. The van der Waals surface area contributed by atoms with Crippen molar-refractivity contribution < 1.29 is 19.8 Å². The molecule has 0 saturated heterocycles. The average Bonchev–Trinajstić information content (AvgIpc) is 2.34. The highest BCUT2D eigenvalue weighted by atomic mass is 16.4. The highest BCUT2D eigenvalue weighted by Crippen LogP contribution is 2.10. The zero-order chi connectivity index (χ0) is 13.5. The highest BCUT2D eigenvalue weighted by Gasteiger charge is 2.04. The van der Waals surface area contributed by atoms with Crippen LogP contribution in [0.1, 0.15) is 11.1 Å². The largest absolute Gasteiger partial charge is 0.478 e. The molecule has 18 heavy (non-hydrogen) atoms. The van der Waals surface area contributed by atoms with Crippen molar-refractivity contribution in [2.45, 2.75) is 0 Å². The summed E-state index contributed by atoms with van der Waals surface area (Å²) in [7, 11) is 0. The molecule has 0 atom stereocenters. The van der Waals surface area contributed by atoms with E-state index in [1.54, 1.807) is 30.3 Å². The molecule has 0 spiro atoms. The number of nitrogens with zero attached hydrogens (tertiary/aromatic N) is 1. The van der Waals surface area contributed by atoms with Crippen LogP contribution < -0.4 is 0 Å². The Morgan fingerprint density at radius 2 is 1.67 bits per heavy atom. The smallest absolute Gasteiger partial charge is 0.346 e. The minimum Gasteiger partial charge on any atom is -0.478 e. The third kappa shape index (κ3) is 3.94. The maximum absolute atomic E-state index is 10.6. The van der Waals surface area contributed by atoms with E-state index in [4.69, 9.17) is 15.5 Å². The molecule has 0 aliphatic heterocycles. The predicted octanol–water partition coefficient (Wildman–Crippen LogP) is 1.78. The lowest BCUT2D eigenvalue weighted by Crippen LogP contribution is -1.97. The summed E-state index contributed by atoms with van der Waals surface area (Å²) in [5.41, 5.74) is 0.869. The van der Waals surface area contributed by atoms with Crippen LogP contribution in [0.25, 0.3) is 12.2 Å². The molecule has 0 amide bonds. The summed E-state index contributed by atoms with van der Waals surface area (Å²) < 4.78 is 0. The molecule has 1 aromatic rings. The fourth-order valence-corrected chi connectivity index (χ4v) is 1.18. The Hall–Kier alpha value is -2.87. The van der Waals surface area contributed by atoms with Gasteiger partial charge >= 0.3 is 11.9 Å². The van der Waals surface area contributed by atoms with Crippen LogP contribution in [0.3, 0.4) is 0 Å². The highest BCUT2D eigenvalue weighted by molar-refractivity contribution is 5.96. The molecule has 0 heterocycles. The Labute approximate surface area is 103 Å². The molecule has 1 aromatic carbocycles. The molecule has 5 nitrogen and oxygen atoms in total. The maximum atomic E-state index is 10.6. The van der Waals surface area contributed by atoms with Crippen molar-refractivity contribution in [1.29, 1.82) is 5.26 Å². The quantitative estimate of drug-likeness (QED) is 0.620. The first-order valence-electron chi connectivity index (χ1n) is 4.89. The van der Waals surface area contributed by atoms with E-state index in [-0.39, 0.29) is 5.57 Å². The Bertz CT molecular complexity index is 562. The van der Waals surface area contributed by atoms with Crippen LogP contribution in [-0.2, 0) is 9.59 Å². The second-order valence-electron chi connectivity index (χ2n) is 3.31. The summed E-state index contributed by atoms with van der Waals surface area (Å²) in [6.07, 6.45) is 3.66. The summed E-state index contributed by atoms with van der Waals surface area (Å²) in [6.45, 7) is 0. The van der Waals surface area contributed by atoms with Gasteiger partial charge in [0.1, 0.15) is 11.6 Å². The molecule has 5 heteroatoms. The summed E-state index contributed by atoms with van der Waals surface area (Å²) in [4.78, 5) is 20.9. The minimum absolute atomic E-state index is 0.358. The van der Waals surface area contributed by atoms with Gasteiger partial charge in [-0.05, 0) is 23.3 Å². The molecule has 0 aliphatic carbocycles. The monoisotopic (exact) mass is 243 g/mol. The van der Waals surface area contributed by atoms with Crippen molar-refractivity contribution in [3.8, 4) is 6.07 Å². The number of benzene rings is 1. The van der Waals surface area contributed by atoms with E-state index in [2.05, 4.69) is 0 Å². The van der Waals surface area contributed by atoms with Crippen LogP contribution in [0.4, 0.5) is 0 Å². The SMILES string of the molecule is N#CC(=Cc1ccc(C=CC(=O)O)cc1)C(=O)O. The van der Waals surface area contributed by atoms with E-state index < -0.39 is 11.9 Å². The second kappa shape index (κ2) is 6.01. The number of carboxylic acid groups (broad SMARTS) is 2. The third-order valence-corrected chi connectivity index (χ3v) is 2.02. The van der Waals surface area contributed by atoms with Gasteiger partial charge in [0.25, 0.3) is 0 Å². The van der Waals surface area contributed by atoms with Crippen molar-refractivity contribution in [2.75, 3.05) is 0 Å². The summed E-state index contributed by atoms with van der Waals surface area (Å²) in [5, 5.41) is 25.7. The molecule has 90 valence electrons. The number of hydrogen-bond acceptors (Lipinski definition) is 3. The molecule has 0 aliphatic rings. The number of rotatable bonds is 4. The number of aliphatic carboxylic acids is 2. The van der Waals surface area contributed by atoms with E-state index in [0.717, 1.165) is 6.08 Å². The number of carboxylic acids is 2. The molecule has 0 bridgehead atoms. The van der Waals surface area contributed by atoms with E-state index >= 15 is 0 Å². The van der Waals surface area contributed by atoms with Crippen LogP contribution in [0.2, 0.25) is 0 Å². The maximum Gasteiger partial charge on any atom is 0.346 e. The first-order valence-corrected chi connectivity index (χ1v) is 4.89. The standard InChI is InChI=1S/C13H9NO4/c14-8-11(13(17)18)7-10-3-1-9(2-4-10)5-6-12(15)16/h1-7H,(H,15,16)(H,17,18). The third-order valence-electron chi connectivity index (χ3n) is 2.02. The molecule has 2 N–H and O–H groups in total. The molecule has 0 saturated carbocycles. The lowest BCUT2D eigenvalue weighted by atomic mass is 10.1. The van der Waals surface area contributed by atoms with Crippen molar-refractivity contribution in [2.24, 2.45) is 0 Å². The lowest BCUT2D eigenvalue weighted by molar-refractivity contribution is -0.132. The van der Waals surface area contributed by atoms with Gasteiger partial charge in [-0.1, -0.05) is 24.3 Å². The Kier molecular flexibility index (Phi) is 4.41. The van der Waals surface area contributed by atoms with Crippen molar-refractivity contribution >= 4 is 24.1 Å². The molecule has 0 aromatic heterocycles. The minimum atomic E-state index is -1.28. The zero-order valence-corrected chi connectivity index (χ0v) is 9.20. The second-order valence-corrected chi connectivity index (χ2v) is 3.31. The van der Waals surface area contributed by atoms with Crippen LogP contribution in [-0.4, -0.2) is 22.2 Å². The number of nitriles is 1. The Morgan fingerprint density at radius 3 is 2.11 bits per heavy atom. The van der Waals surface area contributed by atoms with Gasteiger partial charge in [0, 0.05) is 6.08 Å². The van der Waals surface area contributed by atoms with E-state index in [0.29, 0.717) is 11.1 Å². The van der Waals surface area contributed by atoms with Gasteiger partial charge in [-0.25, -0.2) is 9.59 Å². The van der Waals surface area contributed by atoms with E-state index in [1.165, 1.54) is 12.2 Å². The first kappa shape index (κ1) is 13.2. The molecule has 1 rings (SSSR count). The van der Waals surface area contributed by atoms with Crippen LogP contribution >= 0.6 is 0 Å². The van der Waals surface area contributed by atoms with Crippen LogP contribution in [0, 0.1) is 11.3 Å². The van der Waals surface area contributed by atoms with Gasteiger partial charge in [0.05, 0.1) is 0 Å². The van der Waals surface area contributed by atoms with E-state index in [1.807, 2.05) is 0 Å². The summed E-state index contributed by atoms with van der Waals surface area (Å²) in [5.74, 6) is -2.33. The van der Waals surface area contributed by atoms with Crippen molar-refractivity contribution in [3.63, 3.8) is 0 Å². The van der Waals surface area contributed by atoms with Gasteiger partial charge in [-0.3, -0.25) is 0 Å². The van der Waals surface area contributed by atoms with Crippen molar-refractivity contribution in [1.82, 2.24) is 0 Å². The number of hydrogen-bond donors (Lipinski definition) is 2. The van der Waals surface area contributed by atoms with Gasteiger partial charge < -0.3 is 10.2 Å². The summed E-state index contributed by atoms with van der Waals surface area (Å²) in [6, 6.07) is 8.03. The van der Waals surface area contributed by atoms with Gasteiger partial charge in [-0.2, -0.15) is 5.26 Å². The molecule has 0 fully saturated rings.